The molecule has 0 aromatic heterocycles. The van der Waals surface area contributed by atoms with Crippen molar-refractivity contribution in [3.8, 4) is 6.07 Å². The van der Waals surface area contributed by atoms with Gasteiger partial charge in [0.2, 0.25) is 0 Å². The molecule has 5 fully saturated rings. The molecule has 1 unspecified atom stereocenters. The summed E-state index contributed by atoms with van der Waals surface area (Å²) in [6.07, 6.45) is 3.85. The van der Waals surface area contributed by atoms with Gasteiger partial charge in [-0.3, -0.25) is 0 Å². The maximum Gasteiger partial charge on any atom is 0.0876 e. The van der Waals surface area contributed by atoms with Gasteiger partial charge >= 0.3 is 0 Å². The summed E-state index contributed by atoms with van der Waals surface area (Å²) in [5, 5.41) is 8.91. The molecular weight excluding hydrogens is 150 g/mol. The molecule has 2 heteroatoms. The second-order valence-electron chi connectivity index (χ2n) is 4.78. The van der Waals surface area contributed by atoms with Gasteiger partial charge in [0.1, 0.15) is 0 Å². The number of rotatable bonds is 0. The SMILES string of the molecule is N#CC1[C@@H]2[C@@H]3CC[C@@H]([C@@H]4O[C@H]34)[C@H]12. The van der Waals surface area contributed by atoms with Gasteiger partial charge in [-0.05, 0) is 36.5 Å². The van der Waals surface area contributed by atoms with Crippen molar-refractivity contribution in [3.63, 3.8) is 0 Å². The van der Waals surface area contributed by atoms with E-state index in [1.165, 1.54) is 12.8 Å². The van der Waals surface area contributed by atoms with Crippen LogP contribution in [-0.2, 0) is 4.74 Å². The predicted octanol–water partition coefficient (Wildman–Crippen LogP) is 1.18. The van der Waals surface area contributed by atoms with Gasteiger partial charge in [-0.1, -0.05) is 0 Å². The molecule has 5 rings (SSSR count). The summed E-state index contributed by atoms with van der Waals surface area (Å²) in [4.78, 5) is 0. The third kappa shape index (κ3) is 0.456. The zero-order valence-corrected chi connectivity index (χ0v) is 6.81. The van der Waals surface area contributed by atoms with E-state index in [1.807, 2.05) is 0 Å². The Morgan fingerprint density at radius 2 is 1.67 bits per heavy atom. The molecule has 0 radical (unpaired) electrons. The number of hydrogen-bond acceptors (Lipinski definition) is 2. The topological polar surface area (TPSA) is 36.3 Å². The Labute approximate surface area is 71.5 Å². The van der Waals surface area contributed by atoms with E-state index in [0.717, 1.165) is 23.7 Å². The maximum atomic E-state index is 8.91. The van der Waals surface area contributed by atoms with Crippen LogP contribution in [0.2, 0.25) is 0 Å². The minimum atomic E-state index is 0.416. The van der Waals surface area contributed by atoms with Crippen LogP contribution in [0, 0.1) is 40.9 Å². The van der Waals surface area contributed by atoms with Crippen molar-refractivity contribution in [2.24, 2.45) is 29.6 Å². The van der Waals surface area contributed by atoms with Crippen LogP contribution >= 0.6 is 0 Å². The summed E-state index contributed by atoms with van der Waals surface area (Å²) in [6, 6.07) is 2.47. The van der Waals surface area contributed by atoms with E-state index in [0.29, 0.717) is 18.1 Å². The Morgan fingerprint density at radius 3 is 2.17 bits per heavy atom. The quantitative estimate of drug-likeness (QED) is 0.500. The highest BCUT2D eigenvalue weighted by Gasteiger charge is 2.73. The van der Waals surface area contributed by atoms with Crippen LogP contribution < -0.4 is 0 Å². The Bertz CT molecular complexity index is 273. The number of hydrogen-bond donors (Lipinski definition) is 0. The van der Waals surface area contributed by atoms with Gasteiger partial charge < -0.3 is 4.74 Å². The minimum Gasteiger partial charge on any atom is -0.369 e. The minimum absolute atomic E-state index is 0.416. The van der Waals surface area contributed by atoms with Gasteiger partial charge in [0.25, 0.3) is 0 Å². The van der Waals surface area contributed by atoms with E-state index in [1.54, 1.807) is 0 Å². The molecule has 4 aliphatic carbocycles. The lowest BCUT2D eigenvalue weighted by Crippen LogP contribution is -2.32. The lowest BCUT2D eigenvalue weighted by atomic mass is 9.71. The lowest BCUT2D eigenvalue weighted by molar-refractivity contribution is 0.202. The Kier molecular flexibility index (Phi) is 0.779. The highest BCUT2D eigenvalue weighted by Crippen LogP contribution is 2.70. The smallest absolute Gasteiger partial charge is 0.0876 e. The van der Waals surface area contributed by atoms with Crippen molar-refractivity contribution in [1.29, 1.82) is 5.26 Å². The van der Waals surface area contributed by atoms with Crippen molar-refractivity contribution in [2.45, 2.75) is 25.0 Å². The molecule has 7 atom stereocenters. The molecule has 1 heterocycles. The number of ether oxygens (including phenoxy) is 1. The van der Waals surface area contributed by atoms with E-state index in [9.17, 15) is 0 Å². The molecule has 2 nitrogen and oxygen atoms in total. The molecule has 0 N–H and O–H groups in total. The van der Waals surface area contributed by atoms with Crippen LogP contribution in [0.25, 0.3) is 0 Å². The van der Waals surface area contributed by atoms with E-state index in [2.05, 4.69) is 6.07 Å². The van der Waals surface area contributed by atoms with Gasteiger partial charge in [0.15, 0.2) is 0 Å². The first-order valence-corrected chi connectivity index (χ1v) is 4.97. The second kappa shape index (κ2) is 1.56. The molecule has 0 aromatic carbocycles. The molecule has 1 saturated heterocycles. The molecule has 0 amide bonds. The number of nitrogens with zero attached hydrogens (tertiary/aromatic N) is 1. The summed E-state index contributed by atoms with van der Waals surface area (Å²) < 4.78 is 5.65. The summed E-state index contributed by atoms with van der Waals surface area (Å²) in [6.45, 7) is 0. The number of fused-ring (bicyclic) bond motifs is 1. The third-order valence-electron chi connectivity index (χ3n) is 4.51. The zero-order valence-electron chi connectivity index (χ0n) is 6.81. The third-order valence-corrected chi connectivity index (χ3v) is 4.51. The molecule has 4 saturated carbocycles. The molecule has 62 valence electrons. The molecule has 0 aromatic rings. The van der Waals surface area contributed by atoms with Crippen molar-refractivity contribution < 1.29 is 4.74 Å². The normalized spacial score (nSPS) is 69.4. The number of epoxide rings is 1. The fraction of sp³-hybridized carbons (Fsp3) is 0.900. The molecule has 2 bridgehead atoms. The Hall–Kier alpha value is -0.550. The van der Waals surface area contributed by atoms with Crippen molar-refractivity contribution in [3.05, 3.63) is 0 Å². The van der Waals surface area contributed by atoms with Gasteiger partial charge in [0.05, 0.1) is 24.2 Å². The van der Waals surface area contributed by atoms with Crippen molar-refractivity contribution in [1.82, 2.24) is 0 Å². The maximum absolute atomic E-state index is 8.91. The molecule has 1 aliphatic heterocycles. The monoisotopic (exact) mass is 161 g/mol. The van der Waals surface area contributed by atoms with Gasteiger partial charge in [-0.2, -0.15) is 5.26 Å². The molecule has 5 aliphatic rings. The van der Waals surface area contributed by atoms with Gasteiger partial charge in [-0.25, -0.2) is 0 Å². The average Bonchev–Trinajstić information content (AvgIpc) is 2.99. The van der Waals surface area contributed by atoms with Crippen molar-refractivity contribution >= 4 is 0 Å². The first-order valence-electron chi connectivity index (χ1n) is 4.97. The lowest BCUT2D eigenvalue weighted by Gasteiger charge is -2.30. The summed E-state index contributed by atoms with van der Waals surface area (Å²) in [7, 11) is 0. The summed E-state index contributed by atoms with van der Waals surface area (Å²) in [5.74, 6) is 3.46. The Morgan fingerprint density at radius 1 is 1.08 bits per heavy atom. The van der Waals surface area contributed by atoms with Crippen molar-refractivity contribution in [2.75, 3.05) is 0 Å². The summed E-state index contributed by atoms with van der Waals surface area (Å²) in [5.41, 5.74) is 0. The number of nitriles is 1. The van der Waals surface area contributed by atoms with Gasteiger partial charge in [0, 0.05) is 0 Å². The van der Waals surface area contributed by atoms with Crippen LogP contribution in [0.3, 0.4) is 0 Å². The summed E-state index contributed by atoms with van der Waals surface area (Å²) >= 11 is 0. The van der Waals surface area contributed by atoms with E-state index < -0.39 is 0 Å². The fourth-order valence-corrected chi connectivity index (χ4v) is 4.00. The van der Waals surface area contributed by atoms with Crippen LogP contribution in [0.5, 0.6) is 0 Å². The fourth-order valence-electron chi connectivity index (χ4n) is 4.00. The van der Waals surface area contributed by atoms with E-state index in [4.69, 9.17) is 10.00 Å². The zero-order chi connectivity index (χ0) is 7.87. The molecule has 0 spiro atoms. The standard InChI is InChI=1S/C10H11NO/c11-3-6-7-4-1-2-5(8(6)7)10-9(4)12-10/h4-10H,1-2H2/t4-,5+,6?,7-,8+,9+,10-. The average molecular weight is 161 g/mol. The highest BCUT2D eigenvalue weighted by atomic mass is 16.6. The van der Waals surface area contributed by atoms with Crippen LogP contribution in [-0.4, -0.2) is 12.2 Å². The van der Waals surface area contributed by atoms with E-state index >= 15 is 0 Å². The van der Waals surface area contributed by atoms with Crippen LogP contribution in [0.15, 0.2) is 0 Å². The molecular formula is C10H11NO. The second-order valence-corrected chi connectivity index (χ2v) is 4.78. The first-order chi connectivity index (χ1) is 5.92. The predicted molar refractivity (Wildman–Crippen MR) is 41.0 cm³/mol. The highest BCUT2D eigenvalue weighted by molar-refractivity contribution is 5.24. The van der Waals surface area contributed by atoms with E-state index in [-0.39, 0.29) is 0 Å². The molecule has 12 heavy (non-hydrogen) atoms. The first kappa shape index (κ1) is 5.99. The van der Waals surface area contributed by atoms with Crippen LogP contribution in [0.1, 0.15) is 12.8 Å². The van der Waals surface area contributed by atoms with Gasteiger partial charge in [-0.15, -0.1) is 0 Å². The van der Waals surface area contributed by atoms with Crippen LogP contribution in [0.4, 0.5) is 0 Å². The Balaban J connectivity index is 1.77. The largest absolute Gasteiger partial charge is 0.369 e.